The highest BCUT2D eigenvalue weighted by Crippen LogP contribution is 2.42. The Morgan fingerprint density at radius 2 is 2.12 bits per heavy atom. The summed E-state index contributed by atoms with van der Waals surface area (Å²) in [6, 6.07) is 6.18. The molecule has 1 aliphatic carbocycles. The fraction of sp³-hybridized carbons (Fsp3) is 0.733. The Kier molecular flexibility index (Phi) is 3.41. The van der Waals surface area contributed by atoms with E-state index in [2.05, 4.69) is 29.3 Å². The van der Waals surface area contributed by atoms with E-state index in [9.17, 15) is 0 Å². The molecule has 2 heteroatoms. The molecule has 1 aliphatic heterocycles. The summed E-state index contributed by atoms with van der Waals surface area (Å²) in [4.78, 5) is 2.79. The van der Waals surface area contributed by atoms with E-state index in [-0.39, 0.29) is 0 Å². The maximum absolute atomic E-state index is 2.79. The van der Waals surface area contributed by atoms with Gasteiger partial charge in [-0.1, -0.05) is 19.8 Å². The van der Waals surface area contributed by atoms with Crippen LogP contribution in [0.5, 0.6) is 0 Å². The van der Waals surface area contributed by atoms with Crippen LogP contribution >= 0.6 is 11.3 Å². The fourth-order valence-corrected chi connectivity index (χ4v) is 4.73. The number of nitrogens with zero attached hydrogens (tertiary/aromatic N) is 1. The number of thiophene rings is 1. The molecule has 0 amide bonds. The number of hydrogen-bond donors (Lipinski definition) is 0. The van der Waals surface area contributed by atoms with Crippen molar-refractivity contribution in [2.45, 2.75) is 64.0 Å². The minimum atomic E-state index is 0.799. The third-order valence-electron chi connectivity index (χ3n) is 4.72. The Labute approximate surface area is 109 Å². The van der Waals surface area contributed by atoms with E-state index in [1.807, 2.05) is 11.3 Å². The molecule has 17 heavy (non-hydrogen) atoms. The Hall–Kier alpha value is -0.500. The molecule has 0 spiro atoms. The van der Waals surface area contributed by atoms with Crippen molar-refractivity contribution in [1.82, 2.24) is 0 Å². The molecule has 2 aliphatic rings. The molecule has 0 N–H and O–H groups in total. The quantitative estimate of drug-likeness (QED) is 0.735. The summed E-state index contributed by atoms with van der Waals surface area (Å²) in [5, 5.41) is 3.75. The third-order valence-corrected chi connectivity index (χ3v) is 5.60. The van der Waals surface area contributed by atoms with E-state index in [1.54, 1.807) is 0 Å². The number of hydrogen-bond acceptors (Lipinski definition) is 2. The summed E-state index contributed by atoms with van der Waals surface area (Å²) in [6.07, 6.45) is 10.0. The molecule has 3 rings (SSSR count). The highest BCUT2D eigenvalue weighted by molar-refractivity contribution is 7.14. The predicted octanol–water partition coefficient (Wildman–Crippen LogP) is 4.69. The molecule has 1 aromatic rings. The van der Waals surface area contributed by atoms with Gasteiger partial charge in [-0.25, -0.2) is 0 Å². The van der Waals surface area contributed by atoms with Gasteiger partial charge in [0.25, 0.3) is 0 Å². The Morgan fingerprint density at radius 1 is 1.24 bits per heavy atom. The second-order valence-electron chi connectivity index (χ2n) is 5.61. The Bertz CT molecular complexity index is 346. The first-order chi connectivity index (χ1) is 8.40. The largest absolute Gasteiger partial charge is 0.357 e. The fourth-order valence-electron chi connectivity index (χ4n) is 3.87. The first-order valence-corrected chi connectivity index (χ1v) is 8.10. The van der Waals surface area contributed by atoms with Crippen LogP contribution in [0.3, 0.4) is 0 Å². The average Bonchev–Trinajstić information content (AvgIpc) is 2.91. The zero-order valence-corrected chi connectivity index (χ0v) is 11.6. The second-order valence-corrected chi connectivity index (χ2v) is 6.54. The van der Waals surface area contributed by atoms with Crippen LogP contribution in [0.1, 0.15) is 51.9 Å². The van der Waals surface area contributed by atoms with Crippen molar-refractivity contribution in [2.75, 3.05) is 4.90 Å². The van der Waals surface area contributed by atoms with E-state index in [1.165, 1.54) is 49.9 Å². The van der Waals surface area contributed by atoms with Crippen molar-refractivity contribution in [2.24, 2.45) is 5.92 Å². The summed E-state index contributed by atoms with van der Waals surface area (Å²) < 4.78 is 0. The average molecular weight is 249 g/mol. The second kappa shape index (κ2) is 5.01. The molecule has 0 radical (unpaired) electrons. The summed E-state index contributed by atoms with van der Waals surface area (Å²) >= 11 is 1.93. The van der Waals surface area contributed by atoms with Crippen LogP contribution in [-0.2, 0) is 0 Å². The molecule has 2 heterocycles. The molecule has 0 aromatic carbocycles. The van der Waals surface area contributed by atoms with Crippen molar-refractivity contribution in [3.05, 3.63) is 17.5 Å². The highest BCUT2D eigenvalue weighted by atomic mass is 32.1. The standard InChI is InChI=1S/C15H23NS/c1-2-13-10-9-12-6-3-4-7-14(12)16(13)15-8-5-11-17-15/h5,8,11-14H,2-4,6-7,9-10H2,1H3. The van der Waals surface area contributed by atoms with Crippen LogP contribution in [0, 0.1) is 5.92 Å². The molecule has 2 fully saturated rings. The van der Waals surface area contributed by atoms with Gasteiger partial charge in [0.2, 0.25) is 0 Å². The topological polar surface area (TPSA) is 3.24 Å². The third kappa shape index (κ3) is 2.12. The SMILES string of the molecule is CCC1CCC2CCCCC2N1c1cccs1. The molecule has 3 atom stereocenters. The van der Waals surface area contributed by atoms with Gasteiger partial charge >= 0.3 is 0 Å². The molecule has 0 bridgehead atoms. The predicted molar refractivity (Wildman–Crippen MR) is 75.9 cm³/mol. The zero-order valence-electron chi connectivity index (χ0n) is 10.8. The van der Waals surface area contributed by atoms with Crippen molar-refractivity contribution >= 4 is 16.3 Å². The highest BCUT2D eigenvalue weighted by Gasteiger charge is 2.37. The lowest BCUT2D eigenvalue weighted by molar-refractivity contribution is 0.213. The van der Waals surface area contributed by atoms with E-state index < -0.39 is 0 Å². The van der Waals surface area contributed by atoms with Gasteiger partial charge in [-0.2, -0.15) is 0 Å². The van der Waals surface area contributed by atoms with Crippen LogP contribution in [0.2, 0.25) is 0 Å². The molecular weight excluding hydrogens is 226 g/mol. The number of piperidine rings is 1. The van der Waals surface area contributed by atoms with Gasteiger partial charge in [0.15, 0.2) is 0 Å². The lowest BCUT2D eigenvalue weighted by atomic mass is 9.76. The van der Waals surface area contributed by atoms with Gasteiger partial charge in [0, 0.05) is 12.1 Å². The lowest BCUT2D eigenvalue weighted by Crippen LogP contribution is -2.52. The minimum absolute atomic E-state index is 0.799. The normalized spacial score (nSPS) is 33.5. The lowest BCUT2D eigenvalue weighted by Gasteiger charge is -2.49. The van der Waals surface area contributed by atoms with Crippen LogP contribution in [0.25, 0.3) is 0 Å². The van der Waals surface area contributed by atoms with E-state index >= 15 is 0 Å². The monoisotopic (exact) mass is 249 g/mol. The Morgan fingerprint density at radius 3 is 2.88 bits per heavy atom. The molecular formula is C15H23NS. The van der Waals surface area contributed by atoms with E-state index in [0.717, 1.165) is 18.0 Å². The summed E-state index contributed by atoms with van der Waals surface area (Å²) in [5.74, 6) is 0.980. The number of rotatable bonds is 2. The van der Waals surface area contributed by atoms with E-state index in [0.29, 0.717) is 0 Å². The zero-order chi connectivity index (χ0) is 11.7. The molecule has 1 aromatic heterocycles. The van der Waals surface area contributed by atoms with Gasteiger partial charge in [-0.05, 0) is 55.5 Å². The van der Waals surface area contributed by atoms with Crippen LogP contribution < -0.4 is 4.90 Å². The van der Waals surface area contributed by atoms with Crippen molar-refractivity contribution in [3.63, 3.8) is 0 Å². The van der Waals surface area contributed by atoms with Crippen molar-refractivity contribution < 1.29 is 0 Å². The maximum Gasteiger partial charge on any atom is 0.0913 e. The maximum atomic E-state index is 2.79. The van der Waals surface area contributed by atoms with Crippen LogP contribution in [-0.4, -0.2) is 12.1 Å². The Balaban J connectivity index is 1.88. The van der Waals surface area contributed by atoms with Gasteiger partial charge in [0.05, 0.1) is 5.00 Å². The van der Waals surface area contributed by atoms with Crippen LogP contribution in [0.4, 0.5) is 5.00 Å². The first kappa shape index (κ1) is 11.6. The van der Waals surface area contributed by atoms with Crippen molar-refractivity contribution in [1.29, 1.82) is 0 Å². The van der Waals surface area contributed by atoms with Crippen molar-refractivity contribution in [3.8, 4) is 0 Å². The summed E-state index contributed by atoms with van der Waals surface area (Å²) in [7, 11) is 0. The summed E-state index contributed by atoms with van der Waals surface area (Å²) in [6.45, 7) is 2.36. The van der Waals surface area contributed by atoms with Gasteiger partial charge < -0.3 is 4.90 Å². The summed E-state index contributed by atoms with van der Waals surface area (Å²) in [5.41, 5.74) is 0. The molecule has 1 saturated heterocycles. The number of anilines is 1. The molecule has 3 unspecified atom stereocenters. The smallest absolute Gasteiger partial charge is 0.0913 e. The molecule has 1 nitrogen and oxygen atoms in total. The minimum Gasteiger partial charge on any atom is -0.357 e. The van der Waals surface area contributed by atoms with E-state index in [4.69, 9.17) is 0 Å². The van der Waals surface area contributed by atoms with Gasteiger partial charge in [0.1, 0.15) is 0 Å². The van der Waals surface area contributed by atoms with Crippen LogP contribution in [0.15, 0.2) is 17.5 Å². The van der Waals surface area contributed by atoms with Gasteiger partial charge in [-0.3, -0.25) is 0 Å². The number of fused-ring (bicyclic) bond motifs is 1. The first-order valence-electron chi connectivity index (χ1n) is 7.22. The molecule has 94 valence electrons. The van der Waals surface area contributed by atoms with Gasteiger partial charge in [-0.15, -0.1) is 11.3 Å². The molecule has 1 saturated carbocycles.